The van der Waals surface area contributed by atoms with E-state index in [2.05, 4.69) is 28.2 Å². The van der Waals surface area contributed by atoms with Gasteiger partial charge in [0.15, 0.2) is 0 Å². The number of aliphatic hydroxyl groups excluding tert-OH is 1. The zero-order valence-corrected chi connectivity index (χ0v) is 12.8. The highest BCUT2D eigenvalue weighted by Crippen LogP contribution is 2.46. The van der Waals surface area contributed by atoms with Crippen molar-refractivity contribution in [2.45, 2.75) is 45.1 Å². The Morgan fingerprint density at radius 2 is 1.95 bits per heavy atom. The van der Waals surface area contributed by atoms with Crippen LogP contribution in [0.3, 0.4) is 0 Å². The van der Waals surface area contributed by atoms with Gasteiger partial charge in [-0.1, -0.05) is 24.7 Å². The van der Waals surface area contributed by atoms with Crippen LogP contribution in [0.2, 0.25) is 0 Å². The minimum absolute atomic E-state index is 0.0540. The van der Waals surface area contributed by atoms with Crippen molar-refractivity contribution in [2.75, 3.05) is 19.7 Å². The Morgan fingerprint density at radius 1 is 1.20 bits per heavy atom. The number of aliphatic hydroxyl groups is 1. The van der Waals surface area contributed by atoms with Gasteiger partial charge in [-0.3, -0.25) is 4.90 Å². The molecule has 1 aliphatic carbocycles. The van der Waals surface area contributed by atoms with Gasteiger partial charge in [0.2, 0.25) is 0 Å². The minimum atomic E-state index is -0.0540. The molecule has 1 aromatic rings. The second-order valence-corrected chi connectivity index (χ2v) is 7.20. The van der Waals surface area contributed by atoms with Crippen LogP contribution >= 0.6 is 11.3 Å². The van der Waals surface area contributed by atoms with E-state index in [0.29, 0.717) is 5.41 Å². The third-order valence-corrected chi connectivity index (χ3v) is 5.90. The van der Waals surface area contributed by atoms with Crippen molar-refractivity contribution in [2.24, 2.45) is 5.41 Å². The van der Waals surface area contributed by atoms with E-state index in [1.807, 2.05) is 0 Å². The summed E-state index contributed by atoms with van der Waals surface area (Å²) in [4.78, 5) is 3.94. The summed E-state index contributed by atoms with van der Waals surface area (Å²) in [6, 6.07) is 2.07. The molecule has 20 heavy (non-hydrogen) atoms. The van der Waals surface area contributed by atoms with E-state index in [1.54, 1.807) is 11.3 Å². The van der Waals surface area contributed by atoms with Crippen LogP contribution in [0.25, 0.3) is 0 Å². The van der Waals surface area contributed by atoms with Gasteiger partial charge in [0.05, 0.1) is 0 Å². The van der Waals surface area contributed by atoms with Gasteiger partial charge in [-0.2, -0.15) is 0 Å². The minimum Gasteiger partial charge on any atom is -0.384 e. The molecule has 1 spiro atoms. The van der Waals surface area contributed by atoms with Crippen LogP contribution in [0.4, 0.5) is 0 Å². The summed E-state index contributed by atoms with van der Waals surface area (Å²) in [5, 5.41) is 10.9. The van der Waals surface area contributed by atoms with Gasteiger partial charge in [-0.15, -0.1) is 11.3 Å². The number of likely N-dealkylation sites (tertiary alicyclic amines) is 1. The Labute approximate surface area is 125 Å². The Balaban J connectivity index is 1.58. The molecule has 0 aromatic carbocycles. The molecular formula is C17H23NOS. The molecule has 108 valence electrons. The van der Waals surface area contributed by atoms with Crippen molar-refractivity contribution >= 4 is 11.3 Å². The third-order valence-electron chi connectivity index (χ3n) is 5.00. The van der Waals surface area contributed by atoms with E-state index in [-0.39, 0.29) is 6.61 Å². The standard InChI is InChI=1S/C17H23NOS/c19-12-3-4-15-5-13-20-16(15)14-18-10-8-17(9-11-18)6-1-2-7-17/h5,13,19H,1-2,6-12,14H2. The molecule has 3 heteroatoms. The fraction of sp³-hybridized carbons (Fsp3) is 0.647. The van der Waals surface area contributed by atoms with Gasteiger partial charge < -0.3 is 5.11 Å². The lowest BCUT2D eigenvalue weighted by Gasteiger charge is -2.39. The van der Waals surface area contributed by atoms with Crippen molar-refractivity contribution in [3.8, 4) is 11.8 Å². The number of rotatable bonds is 2. The fourth-order valence-electron chi connectivity index (χ4n) is 3.72. The second-order valence-electron chi connectivity index (χ2n) is 6.20. The summed E-state index contributed by atoms with van der Waals surface area (Å²) in [7, 11) is 0. The van der Waals surface area contributed by atoms with Crippen molar-refractivity contribution in [3.63, 3.8) is 0 Å². The normalized spacial score (nSPS) is 21.9. The first-order valence-corrected chi connectivity index (χ1v) is 8.58. The highest BCUT2D eigenvalue weighted by Gasteiger charge is 2.36. The lowest BCUT2D eigenvalue weighted by molar-refractivity contribution is 0.104. The molecule has 0 radical (unpaired) electrons. The van der Waals surface area contributed by atoms with Crippen LogP contribution < -0.4 is 0 Å². The van der Waals surface area contributed by atoms with Crippen LogP contribution in [0.1, 0.15) is 49.0 Å². The van der Waals surface area contributed by atoms with Crippen LogP contribution in [0.15, 0.2) is 11.4 Å². The predicted molar refractivity (Wildman–Crippen MR) is 83.7 cm³/mol. The topological polar surface area (TPSA) is 23.5 Å². The molecule has 1 aliphatic heterocycles. The van der Waals surface area contributed by atoms with Gasteiger partial charge in [-0.25, -0.2) is 0 Å². The average molecular weight is 289 g/mol. The largest absolute Gasteiger partial charge is 0.384 e. The average Bonchev–Trinajstić information content (AvgIpc) is 3.09. The highest BCUT2D eigenvalue weighted by molar-refractivity contribution is 7.10. The summed E-state index contributed by atoms with van der Waals surface area (Å²) in [6.45, 7) is 3.46. The summed E-state index contributed by atoms with van der Waals surface area (Å²) < 4.78 is 0. The molecular weight excluding hydrogens is 266 g/mol. The first-order valence-electron chi connectivity index (χ1n) is 7.70. The predicted octanol–water partition coefficient (Wildman–Crippen LogP) is 3.25. The number of thiophene rings is 1. The molecule has 2 aliphatic rings. The second kappa shape index (κ2) is 6.30. The zero-order chi connectivity index (χ0) is 13.8. The summed E-state index contributed by atoms with van der Waals surface area (Å²) in [5.41, 5.74) is 1.80. The van der Waals surface area contributed by atoms with E-state index in [0.717, 1.165) is 12.1 Å². The molecule has 2 fully saturated rings. The molecule has 2 nitrogen and oxygen atoms in total. The monoisotopic (exact) mass is 289 g/mol. The first-order chi connectivity index (χ1) is 9.81. The van der Waals surface area contributed by atoms with Gasteiger partial charge in [-0.05, 0) is 55.6 Å². The van der Waals surface area contributed by atoms with Crippen LogP contribution in [-0.2, 0) is 6.54 Å². The van der Waals surface area contributed by atoms with E-state index >= 15 is 0 Å². The lowest BCUT2D eigenvalue weighted by atomic mass is 9.77. The maximum Gasteiger partial charge on any atom is 0.104 e. The van der Waals surface area contributed by atoms with E-state index in [1.165, 1.54) is 56.5 Å². The molecule has 0 amide bonds. The van der Waals surface area contributed by atoms with Gasteiger partial charge in [0, 0.05) is 17.0 Å². The van der Waals surface area contributed by atoms with E-state index < -0.39 is 0 Å². The maximum absolute atomic E-state index is 8.81. The van der Waals surface area contributed by atoms with Crippen LogP contribution in [0.5, 0.6) is 0 Å². The Kier molecular flexibility index (Phi) is 4.45. The molecule has 1 N–H and O–H groups in total. The van der Waals surface area contributed by atoms with Crippen LogP contribution in [-0.4, -0.2) is 29.7 Å². The Hall–Kier alpha value is -0.820. The number of hydrogen-bond acceptors (Lipinski definition) is 3. The molecule has 1 saturated carbocycles. The van der Waals surface area contributed by atoms with E-state index in [4.69, 9.17) is 5.11 Å². The molecule has 2 heterocycles. The van der Waals surface area contributed by atoms with Crippen molar-refractivity contribution < 1.29 is 5.11 Å². The molecule has 1 aromatic heterocycles. The fourth-order valence-corrected chi connectivity index (χ4v) is 4.59. The summed E-state index contributed by atoms with van der Waals surface area (Å²) in [5.74, 6) is 5.83. The molecule has 0 atom stereocenters. The molecule has 3 rings (SSSR count). The quantitative estimate of drug-likeness (QED) is 0.845. The number of hydrogen-bond donors (Lipinski definition) is 1. The Morgan fingerprint density at radius 3 is 2.65 bits per heavy atom. The summed E-state index contributed by atoms with van der Waals surface area (Å²) >= 11 is 1.79. The van der Waals surface area contributed by atoms with Crippen molar-refractivity contribution in [1.29, 1.82) is 0 Å². The van der Waals surface area contributed by atoms with Crippen molar-refractivity contribution in [1.82, 2.24) is 4.90 Å². The van der Waals surface area contributed by atoms with Crippen molar-refractivity contribution in [3.05, 3.63) is 21.9 Å². The third kappa shape index (κ3) is 3.09. The molecule has 1 saturated heterocycles. The maximum atomic E-state index is 8.81. The lowest BCUT2D eigenvalue weighted by Crippen LogP contribution is -2.38. The zero-order valence-electron chi connectivity index (χ0n) is 12.0. The van der Waals surface area contributed by atoms with E-state index in [9.17, 15) is 0 Å². The number of piperidine rings is 1. The first kappa shape index (κ1) is 14.1. The Bertz CT molecular complexity index is 495. The smallest absolute Gasteiger partial charge is 0.104 e. The molecule has 0 bridgehead atoms. The van der Waals surface area contributed by atoms with Crippen LogP contribution in [0, 0.1) is 17.3 Å². The molecule has 0 unspecified atom stereocenters. The summed E-state index contributed by atoms with van der Waals surface area (Å²) in [6.07, 6.45) is 8.60. The highest BCUT2D eigenvalue weighted by atomic mass is 32.1. The van der Waals surface area contributed by atoms with Gasteiger partial charge >= 0.3 is 0 Å². The SMILES string of the molecule is OCC#Cc1ccsc1CN1CCC2(CCCC2)CC1. The number of nitrogens with zero attached hydrogens (tertiary/aromatic N) is 1. The van der Waals surface area contributed by atoms with Gasteiger partial charge in [0.1, 0.15) is 6.61 Å². The van der Waals surface area contributed by atoms with Gasteiger partial charge in [0.25, 0.3) is 0 Å².